The molecule has 0 spiro atoms. The van der Waals surface area contributed by atoms with Gasteiger partial charge in [0.25, 0.3) is 5.91 Å². The summed E-state index contributed by atoms with van der Waals surface area (Å²) in [6.07, 6.45) is 2.79. The lowest BCUT2D eigenvalue weighted by atomic mass is 9.98. The number of nitrogens with zero attached hydrogens (tertiary/aromatic N) is 1. The molecular weight excluding hydrogens is 384 g/mol. The van der Waals surface area contributed by atoms with Crippen molar-refractivity contribution in [2.45, 2.75) is 19.4 Å². The van der Waals surface area contributed by atoms with Gasteiger partial charge in [0, 0.05) is 35.6 Å². The van der Waals surface area contributed by atoms with Crippen molar-refractivity contribution < 1.29 is 17.9 Å². The van der Waals surface area contributed by atoms with E-state index in [1.54, 1.807) is 0 Å². The van der Waals surface area contributed by atoms with E-state index in [-0.39, 0.29) is 5.91 Å². The zero-order chi connectivity index (χ0) is 19.0. The average molecular weight is 407 g/mol. The molecule has 1 amide bonds. The zero-order valence-electron chi connectivity index (χ0n) is 15.1. The average Bonchev–Trinajstić information content (AvgIpc) is 3.11. The largest absolute Gasteiger partial charge is 0.488 e. The molecule has 1 fully saturated rings. The number of fused-ring (bicyclic) bond motifs is 3. The number of amides is 1. The fourth-order valence-electron chi connectivity index (χ4n) is 3.58. The van der Waals surface area contributed by atoms with Crippen molar-refractivity contribution in [1.29, 1.82) is 0 Å². The lowest BCUT2D eigenvalue weighted by Gasteiger charge is -2.30. The van der Waals surface area contributed by atoms with Gasteiger partial charge in [-0.2, -0.15) is 0 Å². The first kappa shape index (κ1) is 18.5. The number of sulfonamides is 1. The highest BCUT2D eigenvalue weighted by Gasteiger charge is 2.26. The molecule has 4 rings (SSSR count). The molecular formula is C19H22N2O4S2. The highest BCUT2D eigenvalue weighted by Crippen LogP contribution is 2.42. The van der Waals surface area contributed by atoms with Crippen molar-refractivity contribution in [3.05, 3.63) is 40.8 Å². The third kappa shape index (κ3) is 3.88. The molecule has 1 N–H and O–H groups in total. The number of nitrogens with one attached hydrogen (secondary N) is 1. The summed E-state index contributed by atoms with van der Waals surface area (Å²) in [5.41, 5.74) is 2.08. The first-order valence-corrected chi connectivity index (χ1v) is 11.7. The summed E-state index contributed by atoms with van der Waals surface area (Å²) >= 11 is 1.50. The molecule has 6 nitrogen and oxygen atoms in total. The van der Waals surface area contributed by atoms with Crippen LogP contribution in [-0.2, 0) is 16.6 Å². The number of piperidine rings is 1. The summed E-state index contributed by atoms with van der Waals surface area (Å²) in [5.74, 6) is 1.10. The highest BCUT2D eigenvalue weighted by molar-refractivity contribution is 7.88. The number of benzene rings is 1. The van der Waals surface area contributed by atoms with E-state index in [0.29, 0.717) is 37.0 Å². The molecule has 1 saturated heterocycles. The summed E-state index contributed by atoms with van der Waals surface area (Å²) in [4.78, 5) is 14.4. The zero-order valence-corrected chi connectivity index (χ0v) is 16.7. The first-order chi connectivity index (χ1) is 12.9. The predicted octanol–water partition coefficient (Wildman–Crippen LogP) is 2.71. The molecule has 1 aromatic carbocycles. The minimum Gasteiger partial charge on any atom is -0.488 e. The van der Waals surface area contributed by atoms with Gasteiger partial charge in [-0.05, 0) is 37.0 Å². The van der Waals surface area contributed by atoms with Gasteiger partial charge in [-0.25, -0.2) is 12.7 Å². The molecule has 0 aliphatic carbocycles. The van der Waals surface area contributed by atoms with Crippen LogP contribution >= 0.6 is 11.3 Å². The molecule has 0 radical (unpaired) electrons. The number of carbonyl (C=O) groups is 1. The van der Waals surface area contributed by atoms with Crippen LogP contribution in [0.4, 0.5) is 0 Å². The molecule has 2 aromatic rings. The number of hydrogen-bond donors (Lipinski definition) is 1. The smallest absolute Gasteiger partial charge is 0.261 e. The van der Waals surface area contributed by atoms with E-state index in [4.69, 9.17) is 4.74 Å². The maximum absolute atomic E-state index is 12.6. The SMILES string of the molecule is CS(=O)(=O)N1CCC(CNC(=O)c2cc3c(s2)-c2ccccc2OC3)CC1. The van der Waals surface area contributed by atoms with E-state index in [0.717, 1.165) is 34.6 Å². The van der Waals surface area contributed by atoms with E-state index in [9.17, 15) is 13.2 Å². The number of hydrogen-bond acceptors (Lipinski definition) is 5. The summed E-state index contributed by atoms with van der Waals surface area (Å²) < 4.78 is 30.4. The molecule has 2 aliphatic rings. The fourth-order valence-corrected chi connectivity index (χ4v) is 5.57. The van der Waals surface area contributed by atoms with Crippen LogP contribution in [0.3, 0.4) is 0 Å². The van der Waals surface area contributed by atoms with Crippen molar-refractivity contribution in [2.75, 3.05) is 25.9 Å². The van der Waals surface area contributed by atoms with Crippen LogP contribution in [-0.4, -0.2) is 44.5 Å². The van der Waals surface area contributed by atoms with E-state index >= 15 is 0 Å². The Kier molecular flexibility index (Phi) is 4.96. The van der Waals surface area contributed by atoms with Gasteiger partial charge in [0.1, 0.15) is 12.4 Å². The summed E-state index contributed by atoms with van der Waals surface area (Å²) in [6.45, 7) is 2.12. The number of ether oxygens (including phenoxy) is 1. The minimum atomic E-state index is -3.11. The number of rotatable bonds is 4. The van der Waals surface area contributed by atoms with Crippen molar-refractivity contribution >= 4 is 27.3 Å². The van der Waals surface area contributed by atoms with Crippen LogP contribution in [0.1, 0.15) is 28.1 Å². The van der Waals surface area contributed by atoms with Crippen LogP contribution in [0.5, 0.6) is 5.75 Å². The third-order valence-corrected chi connectivity index (χ3v) is 7.65. The molecule has 1 aromatic heterocycles. The van der Waals surface area contributed by atoms with Crippen LogP contribution in [0, 0.1) is 5.92 Å². The lowest BCUT2D eigenvalue weighted by molar-refractivity contribution is 0.0945. The van der Waals surface area contributed by atoms with Crippen LogP contribution < -0.4 is 10.1 Å². The Morgan fingerprint density at radius 2 is 2.04 bits per heavy atom. The first-order valence-electron chi connectivity index (χ1n) is 9.00. The monoisotopic (exact) mass is 406 g/mol. The van der Waals surface area contributed by atoms with E-state index in [2.05, 4.69) is 5.32 Å². The topological polar surface area (TPSA) is 75.7 Å². The fraction of sp³-hybridized carbons (Fsp3) is 0.421. The normalized spacial score (nSPS) is 17.7. The summed E-state index contributed by atoms with van der Waals surface area (Å²) in [7, 11) is -3.11. The third-order valence-electron chi connectivity index (χ3n) is 5.14. The van der Waals surface area contributed by atoms with Gasteiger partial charge in [0.05, 0.1) is 11.1 Å². The van der Waals surface area contributed by atoms with Crippen LogP contribution in [0.2, 0.25) is 0 Å². The Balaban J connectivity index is 1.38. The van der Waals surface area contributed by atoms with Gasteiger partial charge >= 0.3 is 0 Å². The highest BCUT2D eigenvalue weighted by atomic mass is 32.2. The van der Waals surface area contributed by atoms with E-state index < -0.39 is 10.0 Å². The predicted molar refractivity (Wildman–Crippen MR) is 106 cm³/mol. The van der Waals surface area contributed by atoms with Crippen molar-refractivity contribution in [3.8, 4) is 16.2 Å². The van der Waals surface area contributed by atoms with Gasteiger partial charge in [0.15, 0.2) is 0 Å². The number of thiophene rings is 1. The molecule has 0 atom stereocenters. The molecule has 144 valence electrons. The second kappa shape index (κ2) is 7.26. The molecule has 8 heteroatoms. The van der Waals surface area contributed by atoms with E-state index in [1.165, 1.54) is 21.9 Å². The Labute approximate surface area is 163 Å². The van der Waals surface area contributed by atoms with Gasteiger partial charge in [-0.3, -0.25) is 4.79 Å². The Morgan fingerprint density at radius 1 is 1.30 bits per heavy atom. The van der Waals surface area contributed by atoms with Gasteiger partial charge in [0.2, 0.25) is 10.0 Å². The van der Waals surface area contributed by atoms with Crippen LogP contribution in [0.25, 0.3) is 10.4 Å². The van der Waals surface area contributed by atoms with Gasteiger partial charge in [-0.15, -0.1) is 11.3 Å². The Hall–Kier alpha value is -1.90. The van der Waals surface area contributed by atoms with Crippen molar-refractivity contribution in [1.82, 2.24) is 9.62 Å². The molecule has 27 heavy (non-hydrogen) atoms. The van der Waals surface area contributed by atoms with Crippen molar-refractivity contribution in [3.63, 3.8) is 0 Å². The summed E-state index contributed by atoms with van der Waals surface area (Å²) in [5, 5.41) is 3.02. The Bertz CT molecular complexity index is 960. The second-order valence-corrected chi connectivity index (χ2v) is 10.1. The molecule has 0 saturated carbocycles. The maximum atomic E-state index is 12.6. The molecule has 0 bridgehead atoms. The van der Waals surface area contributed by atoms with Gasteiger partial charge in [-0.1, -0.05) is 12.1 Å². The van der Waals surface area contributed by atoms with Crippen molar-refractivity contribution in [2.24, 2.45) is 5.92 Å². The molecule has 3 heterocycles. The number of para-hydroxylation sites is 1. The van der Waals surface area contributed by atoms with Crippen LogP contribution in [0.15, 0.2) is 30.3 Å². The standard InChI is InChI=1S/C19H22N2O4S2/c1-27(23,24)21-8-6-13(7-9-21)11-20-19(22)17-10-14-12-25-16-5-3-2-4-15(16)18(14)26-17/h2-5,10,13H,6-9,11-12H2,1H3,(H,20,22). The quantitative estimate of drug-likeness (QED) is 0.847. The molecule has 0 unspecified atom stereocenters. The second-order valence-electron chi connectivity index (χ2n) is 7.07. The minimum absolute atomic E-state index is 0.0718. The Morgan fingerprint density at radius 3 is 2.78 bits per heavy atom. The maximum Gasteiger partial charge on any atom is 0.261 e. The van der Waals surface area contributed by atoms with E-state index in [1.807, 2.05) is 30.3 Å². The van der Waals surface area contributed by atoms with Gasteiger partial charge < -0.3 is 10.1 Å². The number of carbonyl (C=O) groups excluding carboxylic acids is 1. The molecule has 2 aliphatic heterocycles. The lowest BCUT2D eigenvalue weighted by Crippen LogP contribution is -2.41. The summed E-state index contributed by atoms with van der Waals surface area (Å²) in [6, 6.07) is 9.79.